The number of guanidine groups is 1. The minimum absolute atomic E-state index is 0. The predicted molar refractivity (Wildman–Crippen MR) is 142 cm³/mol. The van der Waals surface area contributed by atoms with Gasteiger partial charge in [-0.3, -0.25) is 19.9 Å². The lowest BCUT2D eigenvalue weighted by Crippen LogP contribution is -2.55. The molecule has 11 heteroatoms. The van der Waals surface area contributed by atoms with Gasteiger partial charge in [-0.25, -0.2) is 0 Å². The van der Waals surface area contributed by atoms with Gasteiger partial charge in [-0.1, -0.05) is 12.2 Å². The first-order valence-corrected chi connectivity index (χ1v) is 12.5. The Morgan fingerprint density at radius 3 is 2.46 bits per heavy atom. The van der Waals surface area contributed by atoms with Gasteiger partial charge in [-0.2, -0.15) is 0 Å². The summed E-state index contributed by atoms with van der Waals surface area (Å²) in [7, 11) is 1.91. The summed E-state index contributed by atoms with van der Waals surface area (Å²) in [6.07, 6.45) is 12.5. The summed E-state index contributed by atoms with van der Waals surface area (Å²) in [5.74, 6) is -0.857. The molecule has 0 aromatic heterocycles. The molecule has 4 N–H and O–H groups in total. The number of rotatable bonds is 9. The molecule has 2 heterocycles. The van der Waals surface area contributed by atoms with E-state index in [-0.39, 0.29) is 61.3 Å². The number of nitrogens with one attached hydrogen (secondary N) is 1. The van der Waals surface area contributed by atoms with E-state index in [0.29, 0.717) is 13.2 Å². The minimum Gasteiger partial charge on any atom is -0.481 e. The van der Waals surface area contributed by atoms with Crippen molar-refractivity contribution < 1.29 is 19.4 Å². The molecule has 0 radical (unpaired) electrons. The van der Waals surface area contributed by atoms with Crippen molar-refractivity contribution in [3.63, 3.8) is 0 Å². The monoisotopic (exact) mass is 535 g/mol. The third kappa shape index (κ3) is 9.12. The van der Waals surface area contributed by atoms with Crippen LogP contribution in [0.1, 0.15) is 64.2 Å². The van der Waals surface area contributed by atoms with Gasteiger partial charge in [0.05, 0.1) is 18.6 Å². The highest BCUT2D eigenvalue weighted by molar-refractivity contribution is 5.86. The number of likely N-dealkylation sites (tertiary alicyclic amines) is 2. The van der Waals surface area contributed by atoms with Gasteiger partial charge < -0.3 is 25.4 Å². The number of carbonyl (C=O) groups excluding carboxylic acids is 1. The molecular formula is C24H43Cl2N5O4. The quantitative estimate of drug-likeness (QED) is 0.235. The largest absolute Gasteiger partial charge is 0.481 e. The van der Waals surface area contributed by atoms with Crippen LogP contribution in [0.25, 0.3) is 0 Å². The lowest BCUT2D eigenvalue weighted by molar-refractivity contribution is -0.148. The number of hydrogen-bond donors (Lipinski definition) is 3. The number of likely N-dealkylation sites (N-methyl/N-ethyl adjacent to an activating group) is 1. The van der Waals surface area contributed by atoms with Crippen molar-refractivity contribution in [2.75, 3.05) is 33.3 Å². The van der Waals surface area contributed by atoms with E-state index in [1.165, 1.54) is 0 Å². The first-order valence-electron chi connectivity index (χ1n) is 12.5. The van der Waals surface area contributed by atoms with Gasteiger partial charge in [-0.15, -0.1) is 24.8 Å². The molecule has 9 nitrogen and oxygen atoms in total. The van der Waals surface area contributed by atoms with Crippen LogP contribution < -0.4 is 5.73 Å². The summed E-state index contributed by atoms with van der Waals surface area (Å²) in [6.45, 7) is 2.77. The zero-order valence-electron chi connectivity index (χ0n) is 20.8. The van der Waals surface area contributed by atoms with E-state index in [9.17, 15) is 14.7 Å². The standard InChI is InChI=1S/C24H41N5O4.2ClH/c1-27(18-7-3-2-4-8-18)21(17-22(30)31)23(32)29-13-6-5-9-19(29)12-16-33-20-10-14-28(15-11-20)24(25)26;;/h2-3,18-21H,4-17H2,1H3,(H3,25,26)(H,30,31);2*1H/t18?,19?,21-;;/m0../s1. The molecule has 2 aliphatic heterocycles. The summed E-state index contributed by atoms with van der Waals surface area (Å²) in [6, 6.07) is -0.327. The Morgan fingerprint density at radius 1 is 1.14 bits per heavy atom. The average molecular weight is 537 g/mol. The molecule has 0 aromatic carbocycles. The molecule has 3 atom stereocenters. The van der Waals surface area contributed by atoms with Crippen molar-refractivity contribution in [1.82, 2.24) is 14.7 Å². The van der Waals surface area contributed by atoms with E-state index in [1.807, 2.05) is 21.7 Å². The molecule has 1 amide bonds. The van der Waals surface area contributed by atoms with Crippen LogP contribution in [-0.2, 0) is 14.3 Å². The Bertz CT molecular complexity index is 718. The third-order valence-electron chi connectivity index (χ3n) is 7.46. The Morgan fingerprint density at radius 2 is 1.86 bits per heavy atom. The second-order valence-corrected chi connectivity index (χ2v) is 9.63. The number of allylic oxidation sites excluding steroid dienone is 1. The summed E-state index contributed by atoms with van der Waals surface area (Å²) in [5.41, 5.74) is 5.56. The van der Waals surface area contributed by atoms with Crippen LogP contribution in [0, 0.1) is 5.41 Å². The van der Waals surface area contributed by atoms with Crippen molar-refractivity contribution >= 4 is 42.7 Å². The van der Waals surface area contributed by atoms with Gasteiger partial charge in [0.1, 0.15) is 0 Å². The van der Waals surface area contributed by atoms with Crippen molar-refractivity contribution in [2.24, 2.45) is 5.73 Å². The maximum Gasteiger partial charge on any atom is 0.305 e. The fraction of sp³-hybridized carbons (Fsp3) is 0.792. The normalized spacial score (nSPS) is 23.8. The van der Waals surface area contributed by atoms with Crippen LogP contribution in [0.4, 0.5) is 0 Å². The number of aliphatic carboxylic acids is 1. The number of halogens is 2. The molecule has 2 saturated heterocycles. The number of carbonyl (C=O) groups is 2. The van der Waals surface area contributed by atoms with E-state index in [0.717, 1.165) is 70.9 Å². The number of piperidine rings is 2. The minimum atomic E-state index is -0.930. The highest BCUT2D eigenvalue weighted by Crippen LogP contribution is 2.26. The first kappa shape index (κ1) is 31.5. The number of amides is 1. The van der Waals surface area contributed by atoms with Gasteiger partial charge in [0.15, 0.2) is 5.96 Å². The second-order valence-electron chi connectivity index (χ2n) is 9.63. The van der Waals surface area contributed by atoms with E-state index in [1.54, 1.807) is 0 Å². The van der Waals surface area contributed by atoms with E-state index >= 15 is 0 Å². The highest BCUT2D eigenvalue weighted by atomic mass is 35.5. The number of carboxylic acid groups (broad SMARTS) is 1. The van der Waals surface area contributed by atoms with E-state index < -0.39 is 12.0 Å². The molecule has 1 aliphatic carbocycles. The number of carboxylic acids is 1. The number of nitrogens with zero attached hydrogens (tertiary/aromatic N) is 3. The molecule has 0 saturated carbocycles. The molecular weight excluding hydrogens is 493 g/mol. The zero-order valence-corrected chi connectivity index (χ0v) is 22.4. The second kappa shape index (κ2) is 15.5. The van der Waals surface area contributed by atoms with Crippen molar-refractivity contribution in [2.45, 2.75) is 88.4 Å². The highest BCUT2D eigenvalue weighted by Gasteiger charge is 2.37. The molecule has 0 aromatic rings. The van der Waals surface area contributed by atoms with Crippen molar-refractivity contribution in [1.29, 1.82) is 5.41 Å². The fourth-order valence-electron chi connectivity index (χ4n) is 5.39. The smallest absolute Gasteiger partial charge is 0.305 e. The summed E-state index contributed by atoms with van der Waals surface area (Å²) in [5, 5.41) is 17.1. The summed E-state index contributed by atoms with van der Waals surface area (Å²) < 4.78 is 6.12. The molecule has 2 unspecified atom stereocenters. The van der Waals surface area contributed by atoms with Gasteiger partial charge >= 0.3 is 5.97 Å². The SMILES string of the molecule is CN(C1CC=CCC1)[C@@H](CC(=O)O)C(=O)N1CCCCC1CCOC1CCN(C(=N)N)CC1.Cl.Cl. The summed E-state index contributed by atoms with van der Waals surface area (Å²) >= 11 is 0. The van der Waals surface area contributed by atoms with Crippen LogP contribution in [0.5, 0.6) is 0 Å². The molecule has 35 heavy (non-hydrogen) atoms. The van der Waals surface area contributed by atoms with Gasteiger partial charge in [0.2, 0.25) is 5.91 Å². The Labute approximate surface area is 221 Å². The number of hydrogen-bond acceptors (Lipinski definition) is 5. The zero-order chi connectivity index (χ0) is 23.8. The molecule has 3 aliphatic rings. The van der Waals surface area contributed by atoms with Crippen LogP contribution >= 0.6 is 24.8 Å². The lowest BCUT2D eigenvalue weighted by Gasteiger charge is -2.42. The molecule has 202 valence electrons. The molecule has 3 rings (SSSR count). The van der Waals surface area contributed by atoms with Gasteiger partial charge in [0.25, 0.3) is 0 Å². The van der Waals surface area contributed by atoms with Crippen LogP contribution in [0.15, 0.2) is 12.2 Å². The third-order valence-corrected chi connectivity index (χ3v) is 7.46. The van der Waals surface area contributed by atoms with E-state index in [4.69, 9.17) is 15.9 Å². The van der Waals surface area contributed by atoms with Gasteiger partial charge in [0, 0.05) is 38.3 Å². The van der Waals surface area contributed by atoms with Crippen LogP contribution in [-0.4, -0.2) is 95.2 Å². The number of ether oxygens (including phenoxy) is 1. The Kier molecular flexibility index (Phi) is 14.0. The van der Waals surface area contributed by atoms with Crippen molar-refractivity contribution in [3.8, 4) is 0 Å². The molecule has 0 spiro atoms. The molecule has 2 fully saturated rings. The molecule has 0 bridgehead atoms. The Hall–Kier alpha value is -1.55. The maximum atomic E-state index is 13.6. The first-order chi connectivity index (χ1) is 15.9. The number of nitrogens with two attached hydrogens (primary N) is 1. The topological polar surface area (TPSA) is 123 Å². The Balaban J connectivity index is 0.00000306. The maximum absolute atomic E-state index is 13.6. The lowest BCUT2D eigenvalue weighted by atomic mass is 9.95. The van der Waals surface area contributed by atoms with Crippen LogP contribution in [0.2, 0.25) is 0 Å². The average Bonchev–Trinajstić information content (AvgIpc) is 2.83. The van der Waals surface area contributed by atoms with E-state index in [2.05, 4.69) is 12.2 Å². The predicted octanol–water partition coefficient (Wildman–Crippen LogP) is 2.86. The van der Waals surface area contributed by atoms with Crippen LogP contribution in [0.3, 0.4) is 0 Å². The van der Waals surface area contributed by atoms with Crippen molar-refractivity contribution in [3.05, 3.63) is 12.2 Å². The fourth-order valence-corrected chi connectivity index (χ4v) is 5.39. The summed E-state index contributed by atoms with van der Waals surface area (Å²) in [4.78, 5) is 31.0. The van der Waals surface area contributed by atoms with Gasteiger partial charge in [-0.05, 0) is 64.8 Å².